The van der Waals surface area contributed by atoms with Gasteiger partial charge >= 0.3 is 0 Å². The zero-order valence-corrected chi connectivity index (χ0v) is 12.9. The summed E-state index contributed by atoms with van der Waals surface area (Å²) in [6.07, 6.45) is 1.64. The van der Waals surface area contributed by atoms with E-state index in [0.29, 0.717) is 11.7 Å². The largest absolute Gasteiger partial charge is 0.383 e. The topological polar surface area (TPSA) is 54.0 Å². The van der Waals surface area contributed by atoms with E-state index < -0.39 is 0 Å². The van der Waals surface area contributed by atoms with Crippen LogP contribution < -0.4 is 10.6 Å². The first-order chi connectivity index (χ1) is 9.95. The van der Waals surface area contributed by atoms with Crippen molar-refractivity contribution < 1.29 is 4.79 Å². The summed E-state index contributed by atoms with van der Waals surface area (Å²) < 4.78 is 0. The van der Waals surface area contributed by atoms with Crippen LogP contribution in [0.3, 0.4) is 0 Å². The fourth-order valence-corrected chi connectivity index (χ4v) is 2.03. The van der Waals surface area contributed by atoms with Crippen molar-refractivity contribution in [3.8, 4) is 0 Å². The van der Waals surface area contributed by atoms with E-state index in [1.165, 1.54) is 0 Å². The monoisotopic (exact) mass is 283 g/mol. The highest BCUT2D eigenvalue weighted by atomic mass is 16.1. The zero-order chi connectivity index (χ0) is 15.4. The summed E-state index contributed by atoms with van der Waals surface area (Å²) in [5.74, 6) is -0.198. The van der Waals surface area contributed by atoms with Gasteiger partial charge in [-0.3, -0.25) is 9.78 Å². The van der Waals surface area contributed by atoms with E-state index >= 15 is 0 Å². The summed E-state index contributed by atoms with van der Waals surface area (Å²) in [5, 5.41) is 6.18. The fraction of sp³-hybridized carbons (Fsp3) is 0.294. The van der Waals surface area contributed by atoms with Gasteiger partial charge in [0.15, 0.2) is 0 Å². The molecule has 1 aromatic carbocycles. The van der Waals surface area contributed by atoms with Gasteiger partial charge in [0.25, 0.3) is 5.91 Å². The Morgan fingerprint density at radius 1 is 1.14 bits per heavy atom. The van der Waals surface area contributed by atoms with Gasteiger partial charge in [-0.1, -0.05) is 12.1 Å². The first-order valence-electron chi connectivity index (χ1n) is 7.07. The van der Waals surface area contributed by atoms with Gasteiger partial charge in [-0.2, -0.15) is 0 Å². The summed E-state index contributed by atoms with van der Waals surface area (Å²) in [7, 11) is 0. The van der Waals surface area contributed by atoms with E-state index in [1.54, 1.807) is 12.3 Å². The number of anilines is 2. The number of aryl methyl sites for hydroxylation is 2. The molecule has 0 aliphatic carbocycles. The maximum absolute atomic E-state index is 12.3. The molecule has 1 amide bonds. The quantitative estimate of drug-likeness (QED) is 0.898. The molecule has 110 valence electrons. The number of carbonyl (C=O) groups excluding carboxylic acids is 1. The van der Waals surface area contributed by atoms with Crippen LogP contribution in [-0.4, -0.2) is 16.9 Å². The predicted octanol–water partition coefficient (Wildman–Crippen LogP) is 3.77. The average molecular weight is 283 g/mol. The van der Waals surface area contributed by atoms with E-state index in [2.05, 4.69) is 29.5 Å². The van der Waals surface area contributed by atoms with Crippen molar-refractivity contribution >= 4 is 17.3 Å². The van der Waals surface area contributed by atoms with E-state index in [1.807, 2.05) is 38.1 Å². The molecule has 0 spiro atoms. The third-order valence-corrected chi connectivity index (χ3v) is 3.09. The molecule has 1 aromatic heterocycles. The second kappa shape index (κ2) is 6.39. The molecule has 0 aliphatic heterocycles. The molecular weight excluding hydrogens is 262 g/mol. The number of hydrogen-bond donors (Lipinski definition) is 2. The lowest BCUT2D eigenvalue weighted by molar-refractivity contribution is 0.102. The minimum atomic E-state index is -0.198. The Morgan fingerprint density at radius 3 is 2.62 bits per heavy atom. The lowest BCUT2D eigenvalue weighted by atomic mass is 10.1. The number of amides is 1. The second-order valence-electron chi connectivity index (χ2n) is 5.50. The smallest absolute Gasteiger partial charge is 0.274 e. The predicted molar refractivity (Wildman–Crippen MR) is 86.9 cm³/mol. The highest BCUT2D eigenvalue weighted by molar-refractivity contribution is 6.03. The third kappa shape index (κ3) is 4.05. The number of pyridine rings is 1. The Balaban J connectivity index is 2.18. The molecule has 0 unspecified atom stereocenters. The van der Waals surface area contributed by atoms with Gasteiger partial charge in [0.2, 0.25) is 0 Å². The Labute approximate surface area is 125 Å². The maximum Gasteiger partial charge on any atom is 0.274 e. The summed E-state index contributed by atoms with van der Waals surface area (Å²) in [5.41, 5.74) is 4.26. The number of rotatable bonds is 4. The van der Waals surface area contributed by atoms with Gasteiger partial charge in [0, 0.05) is 23.6 Å². The Morgan fingerprint density at radius 2 is 1.90 bits per heavy atom. The molecule has 4 heteroatoms. The minimum absolute atomic E-state index is 0.198. The number of nitrogens with one attached hydrogen (secondary N) is 2. The van der Waals surface area contributed by atoms with Gasteiger partial charge in [-0.25, -0.2) is 0 Å². The highest BCUT2D eigenvalue weighted by Gasteiger charge is 2.10. The lowest BCUT2D eigenvalue weighted by Gasteiger charge is -2.12. The van der Waals surface area contributed by atoms with Crippen molar-refractivity contribution in [2.75, 3.05) is 10.6 Å². The van der Waals surface area contributed by atoms with Crippen LogP contribution in [0.15, 0.2) is 36.5 Å². The van der Waals surface area contributed by atoms with Crippen molar-refractivity contribution in [2.24, 2.45) is 0 Å². The van der Waals surface area contributed by atoms with Gasteiger partial charge in [-0.15, -0.1) is 0 Å². The van der Waals surface area contributed by atoms with Crippen molar-refractivity contribution in [3.63, 3.8) is 0 Å². The molecule has 0 saturated carbocycles. The SMILES string of the molecule is Cc1ccc(C)c(NC(=O)c2cc(NC(C)C)ccn2)c1. The fourth-order valence-electron chi connectivity index (χ4n) is 2.03. The molecular formula is C17H21N3O. The molecule has 2 aromatic rings. The van der Waals surface area contributed by atoms with Crippen LogP contribution in [0.2, 0.25) is 0 Å². The Hall–Kier alpha value is -2.36. The van der Waals surface area contributed by atoms with E-state index in [4.69, 9.17) is 0 Å². The summed E-state index contributed by atoms with van der Waals surface area (Å²) in [6, 6.07) is 9.91. The summed E-state index contributed by atoms with van der Waals surface area (Å²) in [4.78, 5) is 16.5. The first-order valence-corrected chi connectivity index (χ1v) is 7.07. The highest BCUT2D eigenvalue weighted by Crippen LogP contribution is 2.18. The molecule has 0 saturated heterocycles. The normalized spacial score (nSPS) is 10.5. The molecule has 0 atom stereocenters. The van der Waals surface area contributed by atoms with Gasteiger partial charge < -0.3 is 10.6 Å². The molecule has 0 radical (unpaired) electrons. The summed E-state index contributed by atoms with van der Waals surface area (Å²) >= 11 is 0. The van der Waals surface area contributed by atoms with Gasteiger partial charge in [-0.05, 0) is 57.0 Å². The van der Waals surface area contributed by atoms with Crippen molar-refractivity contribution in [1.82, 2.24) is 4.98 Å². The Kier molecular flexibility index (Phi) is 4.58. The van der Waals surface area contributed by atoms with Crippen molar-refractivity contribution in [2.45, 2.75) is 33.7 Å². The van der Waals surface area contributed by atoms with Crippen LogP contribution >= 0.6 is 0 Å². The zero-order valence-electron chi connectivity index (χ0n) is 12.9. The molecule has 0 aliphatic rings. The average Bonchev–Trinajstić information content (AvgIpc) is 2.42. The van der Waals surface area contributed by atoms with Crippen LogP contribution in [0, 0.1) is 13.8 Å². The van der Waals surface area contributed by atoms with Crippen molar-refractivity contribution in [3.05, 3.63) is 53.3 Å². The number of nitrogens with zero attached hydrogens (tertiary/aromatic N) is 1. The molecule has 4 nitrogen and oxygen atoms in total. The standard InChI is InChI=1S/C17H21N3O/c1-11(2)19-14-7-8-18-16(10-14)17(21)20-15-9-12(3)5-6-13(15)4/h5-11H,1-4H3,(H,18,19)(H,20,21). The summed E-state index contributed by atoms with van der Waals surface area (Å²) in [6.45, 7) is 8.08. The minimum Gasteiger partial charge on any atom is -0.383 e. The molecule has 1 heterocycles. The lowest BCUT2D eigenvalue weighted by Crippen LogP contribution is -2.16. The van der Waals surface area contributed by atoms with E-state index in [0.717, 1.165) is 22.5 Å². The molecule has 0 fully saturated rings. The van der Waals surface area contributed by atoms with E-state index in [9.17, 15) is 4.79 Å². The number of benzene rings is 1. The molecule has 2 rings (SSSR count). The van der Waals surface area contributed by atoms with Crippen LogP contribution in [-0.2, 0) is 0 Å². The van der Waals surface area contributed by atoms with Crippen LogP contribution in [0.25, 0.3) is 0 Å². The third-order valence-electron chi connectivity index (χ3n) is 3.09. The number of carbonyl (C=O) groups is 1. The van der Waals surface area contributed by atoms with Crippen molar-refractivity contribution in [1.29, 1.82) is 0 Å². The van der Waals surface area contributed by atoms with E-state index in [-0.39, 0.29) is 5.91 Å². The van der Waals surface area contributed by atoms with Gasteiger partial charge in [0.05, 0.1) is 0 Å². The number of hydrogen-bond acceptors (Lipinski definition) is 3. The van der Waals surface area contributed by atoms with Crippen LogP contribution in [0.5, 0.6) is 0 Å². The second-order valence-corrected chi connectivity index (χ2v) is 5.50. The number of aromatic nitrogens is 1. The van der Waals surface area contributed by atoms with Crippen LogP contribution in [0.4, 0.5) is 11.4 Å². The molecule has 2 N–H and O–H groups in total. The molecule has 0 bridgehead atoms. The first kappa shape index (κ1) is 15.0. The maximum atomic E-state index is 12.3. The van der Waals surface area contributed by atoms with Gasteiger partial charge in [0.1, 0.15) is 5.69 Å². The Bertz CT molecular complexity index is 650. The van der Waals surface area contributed by atoms with Crippen LogP contribution in [0.1, 0.15) is 35.5 Å². The molecule has 21 heavy (non-hydrogen) atoms.